The molecule has 0 saturated heterocycles. The lowest BCUT2D eigenvalue weighted by Crippen LogP contribution is -2.35. The first-order chi connectivity index (χ1) is 12.2. The molecule has 2 aromatic rings. The molecule has 0 aliphatic rings. The fourth-order valence-corrected chi connectivity index (χ4v) is 4.69. The maximum atomic E-state index is 12.9. The Kier molecular flexibility index (Phi) is 6.21. The fraction of sp³-hybridized carbons (Fsp3) is 0.350. The zero-order valence-corrected chi connectivity index (χ0v) is 16.8. The number of aryl methyl sites for hydroxylation is 4. The van der Waals surface area contributed by atoms with E-state index >= 15 is 0 Å². The third-order valence-corrected chi connectivity index (χ3v) is 6.42. The first kappa shape index (κ1) is 20.1. The van der Waals surface area contributed by atoms with E-state index in [1.165, 1.54) is 7.05 Å². The lowest BCUT2D eigenvalue weighted by atomic mass is 10.1. The van der Waals surface area contributed by atoms with Crippen molar-refractivity contribution in [3.63, 3.8) is 0 Å². The van der Waals surface area contributed by atoms with Crippen LogP contribution in [0.5, 0.6) is 0 Å². The van der Waals surface area contributed by atoms with Crippen molar-refractivity contribution < 1.29 is 13.2 Å². The van der Waals surface area contributed by atoms with Crippen LogP contribution < -0.4 is 5.32 Å². The summed E-state index contributed by atoms with van der Waals surface area (Å²) in [5, 5.41) is 2.81. The maximum Gasteiger partial charge on any atom is 0.243 e. The van der Waals surface area contributed by atoms with Gasteiger partial charge in [-0.2, -0.15) is 4.31 Å². The monoisotopic (exact) mass is 374 g/mol. The Bertz CT molecular complexity index is 897. The van der Waals surface area contributed by atoms with E-state index in [1.807, 2.05) is 50.2 Å². The van der Waals surface area contributed by atoms with E-state index in [9.17, 15) is 13.2 Å². The summed E-state index contributed by atoms with van der Waals surface area (Å²) < 4.78 is 27.0. The normalized spacial score (nSPS) is 11.6. The second kappa shape index (κ2) is 8.01. The molecule has 0 atom stereocenters. The highest BCUT2D eigenvalue weighted by Crippen LogP contribution is 2.24. The topological polar surface area (TPSA) is 66.5 Å². The summed E-state index contributed by atoms with van der Waals surface area (Å²) >= 11 is 0. The summed E-state index contributed by atoms with van der Waals surface area (Å²) in [4.78, 5) is 12.6. The van der Waals surface area contributed by atoms with Crippen LogP contribution in [0.25, 0.3) is 0 Å². The summed E-state index contributed by atoms with van der Waals surface area (Å²) in [7, 11) is -2.32. The van der Waals surface area contributed by atoms with E-state index in [4.69, 9.17) is 0 Å². The van der Waals surface area contributed by atoms with Crippen LogP contribution in [0.1, 0.15) is 29.2 Å². The van der Waals surface area contributed by atoms with Gasteiger partial charge in [0.25, 0.3) is 0 Å². The van der Waals surface area contributed by atoms with Gasteiger partial charge in [0.1, 0.15) is 0 Å². The molecule has 1 amide bonds. The smallest absolute Gasteiger partial charge is 0.243 e. The van der Waals surface area contributed by atoms with Gasteiger partial charge in [-0.05, 0) is 49.9 Å². The number of anilines is 1. The van der Waals surface area contributed by atoms with Crippen LogP contribution in [0, 0.1) is 20.8 Å². The zero-order valence-electron chi connectivity index (χ0n) is 16.0. The number of amides is 1. The second-order valence-corrected chi connectivity index (χ2v) is 8.53. The highest BCUT2D eigenvalue weighted by molar-refractivity contribution is 7.89. The van der Waals surface area contributed by atoms with E-state index in [1.54, 1.807) is 13.8 Å². The van der Waals surface area contributed by atoms with Crippen LogP contribution in [0.3, 0.4) is 0 Å². The molecule has 0 aromatic heterocycles. The molecular weight excluding hydrogens is 348 g/mol. The Morgan fingerprint density at radius 3 is 2.23 bits per heavy atom. The van der Waals surface area contributed by atoms with E-state index in [0.717, 1.165) is 21.9 Å². The second-order valence-electron chi connectivity index (χ2n) is 6.55. The third-order valence-electron chi connectivity index (χ3n) is 4.31. The van der Waals surface area contributed by atoms with Crippen LogP contribution in [0.2, 0.25) is 0 Å². The molecule has 0 unspecified atom stereocenters. The van der Waals surface area contributed by atoms with Gasteiger partial charge >= 0.3 is 0 Å². The third kappa shape index (κ3) is 4.31. The number of hydrogen-bond donors (Lipinski definition) is 1. The first-order valence-corrected chi connectivity index (χ1v) is 10.0. The maximum absolute atomic E-state index is 12.9. The SMILES string of the molecule is CCc1ccccc1NC(=O)CN(C)S(=O)(=O)c1c(C)cc(C)cc1C. The van der Waals surface area contributed by atoms with Crippen molar-refractivity contribution >= 4 is 21.6 Å². The van der Waals surface area contributed by atoms with Crippen molar-refractivity contribution in [3.8, 4) is 0 Å². The van der Waals surface area contributed by atoms with Gasteiger partial charge in [0.15, 0.2) is 0 Å². The summed E-state index contributed by atoms with van der Waals surface area (Å²) in [6, 6.07) is 11.2. The summed E-state index contributed by atoms with van der Waals surface area (Å²) in [5.41, 5.74) is 4.11. The molecule has 0 fully saturated rings. The van der Waals surface area contributed by atoms with Gasteiger partial charge in [-0.15, -0.1) is 0 Å². The van der Waals surface area contributed by atoms with Crippen molar-refractivity contribution in [2.75, 3.05) is 18.9 Å². The van der Waals surface area contributed by atoms with Crippen molar-refractivity contribution in [3.05, 3.63) is 58.7 Å². The van der Waals surface area contributed by atoms with Gasteiger partial charge in [-0.1, -0.05) is 42.8 Å². The molecule has 26 heavy (non-hydrogen) atoms. The molecule has 2 aromatic carbocycles. The molecule has 0 heterocycles. The lowest BCUT2D eigenvalue weighted by Gasteiger charge is -2.20. The van der Waals surface area contributed by atoms with Crippen LogP contribution in [-0.2, 0) is 21.2 Å². The zero-order chi connectivity index (χ0) is 19.5. The molecule has 140 valence electrons. The van der Waals surface area contributed by atoms with Gasteiger partial charge in [-0.25, -0.2) is 8.42 Å². The number of benzene rings is 2. The minimum absolute atomic E-state index is 0.243. The van der Waals surface area contributed by atoms with Crippen LogP contribution in [-0.4, -0.2) is 32.2 Å². The first-order valence-electron chi connectivity index (χ1n) is 8.58. The average molecular weight is 375 g/mol. The Hall–Kier alpha value is -2.18. The highest BCUT2D eigenvalue weighted by atomic mass is 32.2. The van der Waals surface area contributed by atoms with Crippen molar-refractivity contribution in [2.24, 2.45) is 0 Å². The molecule has 0 bridgehead atoms. The number of rotatable bonds is 6. The van der Waals surface area contributed by atoms with Crippen molar-refractivity contribution in [1.82, 2.24) is 4.31 Å². The molecule has 0 radical (unpaired) electrons. The molecule has 6 heteroatoms. The minimum atomic E-state index is -3.75. The molecular formula is C20H26N2O3S. The number of para-hydroxylation sites is 1. The van der Waals surface area contributed by atoms with Gasteiger partial charge in [0, 0.05) is 12.7 Å². The van der Waals surface area contributed by atoms with E-state index in [0.29, 0.717) is 16.8 Å². The van der Waals surface area contributed by atoms with E-state index in [-0.39, 0.29) is 17.3 Å². The molecule has 5 nitrogen and oxygen atoms in total. The van der Waals surface area contributed by atoms with E-state index < -0.39 is 10.0 Å². The van der Waals surface area contributed by atoms with Crippen LogP contribution in [0.15, 0.2) is 41.3 Å². The number of carbonyl (C=O) groups excluding carboxylic acids is 1. The summed E-state index contributed by atoms with van der Waals surface area (Å²) in [5.74, 6) is -0.362. The molecule has 0 spiro atoms. The Balaban J connectivity index is 2.21. The highest BCUT2D eigenvalue weighted by Gasteiger charge is 2.26. The number of sulfonamides is 1. The average Bonchev–Trinajstić information content (AvgIpc) is 2.53. The molecule has 1 N–H and O–H groups in total. The largest absolute Gasteiger partial charge is 0.325 e. The Labute approximate surface area is 156 Å². The molecule has 0 aliphatic heterocycles. The summed E-state index contributed by atoms with van der Waals surface area (Å²) in [6.07, 6.45) is 0.784. The fourth-order valence-electron chi connectivity index (χ4n) is 3.16. The van der Waals surface area contributed by atoms with Gasteiger partial charge < -0.3 is 5.32 Å². The van der Waals surface area contributed by atoms with Crippen LogP contribution >= 0.6 is 0 Å². The van der Waals surface area contributed by atoms with Gasteiger partial charge in [0.2, 0.25) is 15.9 Å². The van der Waals surface area contributed by atoms with Crippen molar-refractivity contribution in [2.45, 2.75) is 39.0 Å². The predicted molar refractivity (Wildman–Crippen MR) is 105 cm³/mol. The lowest BCUT2D eigenvalue weighted by molar-refractivity contribution is -0.116. The van der Waals surface area contributed by atoms with E-state index in [2.05, 4.69) is 5.32 Å². The Morgan fingerprint density at radius 2 is 1.65 bits per heavy atom. The molecule has 2 rings (SSSR count). The quantitative estimate of drug-likeness (QED) is 0.842. The molecule has 0 aliphatic carbocycles. The predicted octanol–water partition coefficient (Wildman–Crippen LogP) is 3.43. The van der Waals surface area contributed by atoms with Crippen molar-refractivity contribution in [1.29, 1.82) is 0 Å². The number of nitrogens with zero attached hydrogens (tertiary/aromatic N) is 1. The minimum Gasteiger partial charge on any atom is -0.325 e. The molecule has 0 saturated carbocycles. The number of hydrogen-bond acceptors (Lipinski definition) is 3. The number of nitrogens with one attached hydrogen (secondary N) is 1. The summed E-state index contributed by atoms with van der Waals surface area (Å²) in [6.45, 7) is 7.24. The number of likely N-dealkylation sites (N-methyl/N-ethyl adjacent to an activating group) is 1. The standard InChI is InChI=1S/C20H26N2O3S/c1-6-17-9-7-8-10-18(17)21-19(23)13-22(5)26(24,25)20-15(3)11-14(2)12-16(20)4/h7-12H,6,13H2,1-5H3,(H,21,23). The number of carbonyl (C=O) groups is 1. The van der Waals surface area contributed by atoms with Gasteiger partial charge in [0.05, 0.1) is 11.4 Å². The van der Waals surface area contributed by atoms with Crippen LogP contribution in [0.4, 0.5) is 5.69 Å². The van der Waals surface area contributed by atoms with Gasteiger partial charge in [-0.3, -0.25) is 4.79 Å². The Morgan fingerprint density at radius 1 is 1.08 bits per heavy atom.